The zero-order chi connectivity index (χ0) is 9.68. The Morgan fingerprint density at radius 1 is 1.23 bits per heavy atom. The van der Waals surface area contributed by atoms with Gasteiger partial charge in [0, 0.05) is 0 Å². The van der Waals surface area contributed by atoms with E-state index in [1.807, 2.05) is 6.92 Å². The predicted octanol–water partition coefficient (Wildman–Crippen LogP) is 3.68. The monoisotopic (exact) mass is 174 g/mol. The van der Waals surface area contributed by atoms with Crippen LogP contribution in [0.25, 0.3) is 0 Å². The lowest BCUT2D eigenvalue weighted by atomic mass is 10.1. The standard InChI is InChI=1S/C10H12.C3H6/c1-8-5-6-9-3-2-4-10(9)7-8;1-3-2/h5-7H,2-4H2,1H3;3H,1H2,2H3. The lowest BCUT2D eigenvalue weighted by Crippen LogP contribution is -1.81. The summed E-state index contributed by atoms with van der Waals surface area (Å²) in [6.07, 6.45) is 5.71. The molecule has 2 rings (SSSR count). The normalized spacial score (nSPS) is 12.8. The molecule has 1 aliphatic rings. The van der Waals surface area contributed by atoms with Crippen molar-refractivity contribution in [1.29, 1.82) is 0 Å². The largest absolute Gasteiger partial charge is 0.103 e. The van der Waals surface area contributed by atoms with E-state index in [0.717, 1.165) is 0 Å². The maximum Gasteiger partial charge on any atom is -0.0273 e. The third-order valence-electron chi connectivity index (χ3n) is 2.25. The Hall–Kier alpha value is -1.04. The Kier molecular flexibility index (Phi) is 3.75. The van der Waals surface area contributed by atoms with Gasteiger partial charge in [0.1, 0.15) is 0 Å². The molecule has 1 aromatic carbocycles. The van der Waals surface area contributed by atoms with Gasteiger partial charge in [-0.1, -0.05) is 29.8 Å². The molecule has 1 aromatic rings. The highest BCUT2D eigenvalue weighted by Gasteiger charge is 2.08. The summed E-state index contributed by atoms with van der Waals surface area (Å²) in [4.78, 5) is 0. The average Bonchev–Trinajstić information content (AvgIpc) is 2.52. The number of benzene rings is 1. The molecule has 0 bridgehead atoms. The number of allylic oxidation sites excluding steroid dienone is 1. The second kappa shape index (κ2) is 4.86. The summed E-state index contributed by atoms with van der Waals surface area (Å²) >= 11 is 0. The summed E-state index contributed by atoms with van der Waals surface area (Å²) in [5, 5.41) is 0. The van der Waals surface area contributed by atoms with Crippen molar-refractivity contribution in [2.24, 2.45) is 0 Å². The molecule has 0 fully saturated rings. The fourth-order valence-corrected chi connectivity index (χ4v) is 1.70. The van der Waals surface area contributed by atoms with E-state index in [2.05, 4.69) is 31.7 Å². The van der Waals surface area contributed by atoms with Gasteiger partial charge in [-0.05, 0) is 44.2 Å². The summed E-state index contributed by atoms with van der Waals surface area (Å²) in [5.41, 5.74) is 4.56. The lowest BCUT2D eigenvalue weighted by molar-refractivity contribution is 0.911. The highest BCUT2D eigenvalue weighted by atomic mass is 14.1. The SMILES string of the molecule is C=CC.Cc1ccc2c(c1)CCC2. The summed E-state index contributed by atoms with van der Waals surface area (Å²) in [7, 11) is 0. The Bertz CT molecular complexity index is 284. The molecule has 0 nitrogen and oxygen atoms in total. The first kappa shape index (κ1) is 10.0. The second-order valence-corrected chi connectivity index (χ2v) is 3.53. The van der Waals surface area contributed by atoms with Gasteiger partial charge in [-0.25, -0.2) is 0 Å². The molecule has 0 saturated heterocycles. The van der Waals surface area contributed by atoms with E-state index in [9.17, 15) is 0 Å². The van der Waals surface area contributed by atoms with Crippen molar-refractivity contribution in [2.45, 2.75) is 33.1 Å². The van der Waals surface area contributed by atoms with Crippen molar-refractivity contribution in [2.75, 3.05) is 0 Å². The van der Waals surface area contributed by atoms with Gasteiger partial charge in [0.25, 0.3) is 0 Å². The van der Waals surface area contributed by atoms with E-state index < -0.39 is 0 Å². The molecule has 0 amide bonds. The van der Waals surface area contributed by atoms with Gasteiger partial charge in [0.15, 0.2) is 0 Å². The van der Waals surface area contributed by atoms with Crippen molar-refractivity contribution in [3.05, 3.63) is 47.5 Å². The van der Waals surface area contributed by atoms with E-state index >= 15 is 0 Å². The molecule has 0 N–H and O–H groups in total. The maximum atomic E-state index is 3.36. The first-order valence-corrected chi connectivity index (χ1v) is 4.93. The minimum absolute atomic E-state index is 1.30. The molecule has 0 unspecified atom stereocenters. The van der Waals surface area contributed by atoms with Crippen LogP contribution in [0.15, 0.2) is 30.9 Å². The molecule has 0 saturated carbocycles. The zero-order valence-electron chi connectivity index (χ0n) is 8.64. The first-order valence-electron chi connectivity index (χ1n) is 4.93. The molecule has 0 spiro atoms. The predicted molar refractivity (Wildman–Crippen MR) is 59.1 cm³/mol. The van der Waals surface area contributed by atoms with Crippen LogP contribution in [0.2, 0.25) is 0 Å². The van der Waals surface area contributed by atoms with Crippen LogP contribution in [0, 0.1) is 6.92 Å². The van der Waals surface area contributed by atoms with Gasteiger partial charge in [-0.2, -0.15) is 0 Å². The molecule has 0 atom stereocenters. The van der Waals surface area contributed by atoms with Crippen LogP contribution in [0.5, 0.6) is 0 Å². The fourth-order valence-electron chi connectivity index (χ4n) is 1.70. The zero-order valence-corrected chi connectivity index (χ0v) is 8.64. The summed E-state index contributed by atoms with van der Waals surface area (Å²) < 4.78 is 0. The minimum Gasteiger partial charge on any atom is -0.103 e. The molecule has 0 aliphatic heterocycles. The van der Waals surface area contributed by atoms with E-state index in [1.54, 1.807) is 17.2 Å². The third kappa shape index (κ3) is 2.73. The first-order chi connectivity index (χ1) is 6.27. The number of rotatable bonds is 0. The van der Waals surface area contributed by atoms with E-state index in [1.165, 1.54) is 24.8 Å². The number of fused-ring (bicyclic) bond motifs is 1. The van der Waals surface area contributed by atoms with Crippen LogP contribution in [0.4, 0.5) is 0 Å². The van der Waals surface area contributed by atoms with Gasteiger partial charge >= 0.3 is 0 Å². The van der Waals surface area contributed by atoms with E-state index in [-0.39, 0.29) is 0 Å². The Balaban J connectivity index is 0.000000251. The van der Waals surface area contributed by atoms with Crippen LogP contribution in [-0.2, 0) is 12.8 Å². The topological polar surface area (TPSA) is 0 Å². The lowest BCUT2D eigenvalue weighted by Gasteiger charge is -1.98. The van der Waals surface area contributed by atoms with Gasteiger partial charge in [-0.3, -0.25) is 0 Å². The Labute approximate surface area is 81.3 Å². The number of hydrogen-bond donors (Lipinski definition) is 0. The van der Waals surface area contributed by atoms with Gasteiger partial charge in [0.2, 0.25) is 0 Å². The average molecular weight is 174 g/mol. The summed E-state index contributed by atoms with van der Waals surface area (Å²) in [6.45, 7) is 7.42. The molecule has 0 heterocycles. The molecule has 70 valence electrons. The van der Waals surface area contributed by atoms with Crippen molar-refractivity contribution in [1.82, 2.24) is 0 Å². The molecule has 0 aromatic heterocycles. The quantitative estimate of drug-likeness (QED) is 0.526. The molecule has 1 aliphatic carbocycles. The van der Waals surface area contributed by atoms with Crippen molar-refractivity contribution < 1.29 is 0 Å². The molecular formula is C13H18. The van der Waals surface area contributed by atoms with Crippen LogP contribution in [0.1, 0.15) is 30.0 Å². The van der Waals surface area contributed by atoms with E-state index in [4.69, 9.17) is 0 Å². The highest BCUT2D eigenvalue weighted by Crippen LogP contribution is 2.22. The van der Waals surface area contributed by atoms with Crippen LogP contribution in [0.3, 0.4) is 0 Å². The maximum absolute atomic E-state index is 3.36. The molecular weight excluding hydrogens is 156 g/mol. The minimum atomic E-state index is 1.30. The third-order valence-corrected chi connectivity index (χ3v) is 2.25. The second-order valence-electron chi connectivity index (χ2n) is 3.53. The summed E-state index contributed by atoms with van der Waals surface area (Å²) in [5.74, 6) is 0. The number of aryl methyl sites for hydroxylation is 3. The molecule has 0 heteroatoms. The van der Waals surface area contributed by atoms with E-state index in [0.29, 0.717) is 0 Å². The molecule has 13 heavy (non-hydrogen) atoms. The van der Waals surface area contributed by atoms with Crippen molar-refractivity contribution >= 4 is 0 Å². The van der Waals surface area contributed by atoms with Crippen molar-refractivity contribution in [3.8, 4) is 0 Å². The number of hydrogen-bond acceptors (Lipinski definition) is 0. The van der Waals surface area contributed by atoms with Crippen LogP contribution >= 0.6 is 0 Å². The van der Waals surface area contributed by atoms with Crippen LogP contribution < -0.4 is 0 Å². The molecule has 0 radical (unpaired) electrons. The highest BCUT2D eigenvalue weighted by molar-refractivity contribution is 5.34. The van der Waals surface area contributed by atoms with Gasteiger partial charge in [-0.15, -0.1) is 6.58 Å². The Morgan fingerprint density at radius 2 is 1.85 bits per heavy atom. The summed E-state index contributed by atoms with van der Waals surface area (Å²) in [6, 6.07) is 6.81. The smallest absolute Gasteiger partial charge is 0.0273 e. The Morgan fingerprint density at radius 3 is 2.54 bits per heavy atom. The van der Waals surface area contributed by atoms with Crippen molar-refractivity contribution in [3.63, 3.8) is 0 Å². The van der Waals surface area contributed by atoms with Gasteiger partial charge in [0.05, 0.1) is 0 Å². The van der Waals surface area contributed by atoms with Gasteiger partial charge < -0.3 is 0 Å². The van der Waals surface area contributed by atoms with Crippen LogP contribution in [-0.4, -0.2) is 0 Å². The fraction of sp³-hybridized carbons (Fsp3) is 0.385.